The Morgan fingerprint density at radius 3 is 2.63 bits per heavy atom. The Bertz CT molecular complexity index is 1290. The molecule has 2 amide bonds. The first-order chi connectivity index (χ1) is 17.3. The van der Waals surface area contributed by atoms with Gasteiger partial charge in [-0.15, -0.1) is 24.8 Å². The molecule has 0 saturated carbocycles. The van der Waals surface area contributed by atoms with Crippen LogP contribution in [0.4, 0.5) is 5.69 Å². The minimum absolute atomic E-state index is 0. The van der Waals surface area contributed by atoms with Crippen molar-refractivity contribution in [1.82, 2.24) is 19.6 Å². The third kappa shape index (κ3) is 7.62. The number of hydrogen-bond acceptors (Lipinski definition) is 6. The predicted molar refractivity (Wildman–Crippen MR) is 163 cm³/mol. The monoisotopic (exact) mass is 685 g/mol. The SMILES string of the molecule is Cc1nc2c(OCc3c(Cl)ccc(N(C)C(=O)CNC(=O)CN4CCSCC4)c3Cl)cccn2c1Br.Cl.Cl. The Kier molecular flexibility index (Phi) is 12.8. The highest BCUT2D eigenvalue weighted by Gasteiger charge is 2.21. The van der Waals surface area contributed by atoms with E-state index in [0.717, 1.165) is 34.9 Å². The molecule has 1 aliphatic heterocycles. The molecule has 38 heavy (non-hydrogen) atoms. The predicted octanol–water partition coefficient (Wildman–Crippen LogP) is 5.26. The molecule has 208 valence electrons. The number of aryl methyl sites for hydroxylation is 1. The molecule has 8 nitrogen and oxygen atoms in total. The molecule has 1 saturated heterocycles. The van der Waals surface area contributed by atoms with E-state index in [1.807, 2.05) is 41.4 Å². The standard InChI is InChI=1S/C24H26BrCl2N5O3S.2ClH/c1-15-23(25)32-7-3-4-19(24(32)29-15)35-14-16-17(26)5-6-18(22(16)27)30(2)21(34)12-28-20(33)13-31-8-10-36-11-9-31;;/h3-7H,8-14H2,1-2H3,(H,28,33);2*1H. The first kappa shape index (κ1) is 32.8. The highest BCUT2D eigenvalue weighted by atomic mass is 79.9. The second kappa shape index (κ2) is 14.8. The van der Waals surface area contributed by atoms with Crippen molar-refractivity contribution < 1.29 is 14.3 Å². The smallest absolute Gasteiger partial charge is 0.246 e. The zero-order valence-electron chi connectivity index (χ0n) is 20.7. The second-order valence-corrected chi connectivity index (χ2v) is 11.1. The Labute approximate surface area is 256 Å². The fourth-order valence-electron chi connectivity index (χ4n) is 3.81. The molecule has 14 heteroatoms. The van der Waals surface area contributed by atoms with Gasteiger partial charge >= 0.3 is 0 Å². The van der Waals surface area contributed by atoms with Crippen molar-refractivity contribution in [2.24, 2.45) is 0 Å². The summed E-state index contributed by atoms with van der Waals surface area (Å²) in [7, 11) is 1.61. The molecule has 0 radical (unpaired) electrons. The topological polar surface area (TPSA) is 79.2 Å². The number of ether oxygens (including phenoxy) is 1. The number of thioether (sulfide) groups is 1. The number of pyridine rings is 1. The summed E-state index contributed by atoms with van der Waals surface area (Å²) < 4.78 is 8.78. The largest absolute Gasteiger partial charge is 0.485 e. The first-order valence-corrected chi connectivity index (χ1v) is 14.0. The van der Waals surface area contributed by atoms with Gasteiger partial charge < -0.3 is 15.0 Å². The quantitative estimate of drug-likeness (QED) is 0.348. The zero-order chi connectivity index (χ0) is 25.8. The van der Waals surface area contributed by atoms with Crippen molar-refractivity contribution >= 4 is 98.9 Å². The lowest BCUT2D eigenvalue weighted by molar-refractivity contribution is -0.125. The van der Waals surface area contributed by atoms with Gasteiger partial charge in [0.1, 0.15) is 11.2 Å². The number of fused-ring (bicyclic) bond motifs is 1. The molecule has 0 atom stereocenters. The van der Waals surface area contributed by atoms with Gasteiger partial charge in [-0.05, 0) is 47.1 Å². The van der Waals surface area contributed by atoms with Crippen LogP contribution in [0.1, 0.15) is 11.3 Å². The summed E-state index contributed by atoms with van der Waals surface area (Å²) in [6.45, 7) is 3.91. The lowest BCUT2D eigenvalue weighted by Crippen LogP contribution is -2.44. The van der Waals surface area contributed by atoms with E-state index in [1.165, 1.54) is 4.90 Å². The molecular weight excluding hydrogens is 660 g/mol. The Morgan fingerprint density at radius 2 is 1.92 bits per heavy atom. The Balaban J connectivity index is 0.00000253. The normalized spacial score (nSPS) is 13.4. The number of amides is 2. The summed E-state index contributed by atoms with van der Waals surface area (Å²) >= 11 is 18.5. The van der Waals surface area contributed by atoms with Gasteiger partial charge in [0.25, 0.3) is 0 Å². The number of nitrogens with one attached hydrogen (secondary N) is 1. The highest BCUT2D eigenvalue weighted by molar-refractivity contribution is 9.10. The third-order valence-corrected chi connectivity index (χ3v) is 8.57. The number of rotatable bonds is 8. The molecule has 2 aromatic heterocycles. The van der Waals surface area contributed by atoms with E-state index in [0.29, 0.717) is 39.2 Å². The van der Waals surface area contributed by atoms with E-state index in [2.05, 4.69) is 31.1 Å². The van der Waals surface area contributed by atoms with Crippen molar-refractivity contribution in [3.8, 4) is 5.75 Å². The minimum atomic E-state index is -0.295. The van der Waals surface area contributed by atoms with Crippen LogP contribution in [0.25, 0.3) is 5.65 Å². The second-order valence-electron chi connectivity index (χ2n) is 8.32. The highest BCUT2D eigenvalue weighted by Crippen LogP contribution is 2.35. The Hall–Kier alpha value is -1.40. The van der Waals surface area contributed by atoms with E-state index >= 15 is 0 Å². The van der Waals surface area contributed by atoms with Gasteiger partial charge in [-0.2, -0.15) is 11.8 Å². The van der Waals surface area contributed by atoms with Crippen molar-refractivity contribution in [3.05, 3.63) is 56.4 Å². The number of carbonyl (C=O) groups is 2. The summed E-state index contributed by atoms with van der Waals surface area (Å²) in [5, 5.41) is 3.44. The van der Waals surface area contributed by atoms with E-state index in [-0.39, 0.29) is 49.8 Å². The number of benzene rings is 1. The molecule has 0 bridgehead atoms. The fourth-order valence-corrected chi connectivity index (χ4v) is 5.77. The van der Waals surface area contributed by atoms with Gasteiger partial charge in [-0.3, -0.25) is 18.9 Å². The van der Waals surface area contributed by atoms with E-state index in [4.69, 9.17) is 27.9 Å². The summed E-state index contributed by atoms with van der Waals surface area (Å²) in [6, 6.07) is 7.03. The van der Waals surface area contributed by atoms with Crippen LogP contribution in [-0.4, -0.2) is 70.8 Å². The van der Waals surface area contributed by atoms with Crippen molar-refractivity contribution in [2.45, 2.75) is 13.5 Å². The molecule has 0 spiro atoms. The molecule has 4 rings (SSSR count). The summed E-state index contributed by atoms with van der Waals surface area (Å²) in [4.78, 5) is 33.1. The Morgan fingerprint density at radius 1 is 1.21 bits per heavy atom. The molecule has 1 aromatic carbocycles. The van der Waals surface area contributed by atoms with E-state index in [9.17, 15) is 9.59 Å². The summed E-state index contributed by atoms with van der Waals surface area (Å²) in [5.74, 6) is 2.14. The van der Waals surface area contributed by atoms with Crippen LogP contribution >= 0.6 is 75.7 Å². The third-order valence-electron chi connectivity index (χ3n) is 5.90. The average Bonchev–Trinajstić information content (AvgIpc) is 3.16. The number of carbonyl (C=O) groups excluding carboxylic acids is 2. The van der Waals surface area contributed by atoms with Crippen LogP contribution < -0.4 is 15.0 Å². The molecule has 0 unspecified atom stereocenters. The fraction of sp³-hybridized carbons (Fsp3) is 0.375. The molecule has 1 N–H and O–H groups in total. The first-order valence-electron chi connectivity index (χ1n) is 11.3. The number of imidazole rings is 1. The number of aromatic nitrogens is 2. The van der Waals surface area contributed by atoms with E-state index < -0.39 is 0 Å². The van der Waals surface area contributed by atoms with Gasteiger partial charge in [-0.1, -0.05) is 23.2 Å². The summed E-state index contributed by atoms with van der Waals surface area (Å²) in [6.07, 6.45) is 1.89. The van der Waals surface area contributed by atoms with Gasteiger partial charge in [0.05, 0.1) is 29.5 Å². The molecule has 3 heterocycles. The van der Waals surface area contributed by atoms with Gasteiger partial charge in [0, 0.05) is 48.4 Å². The van der Waals surface area contributed by atoms with Crippen LogP contribution in [0.15, 0.2) is 35.1 Å². The van der Waals surface area contributed by atoms with E-state index in [1.54, 1.807) is 19.2 Å². The van der Waals surface area contributed by atoms with Gasteiger partial charge in [-0.25, -0.2) is 4.98 Å². The molecule has 1 aliphatic rings. The van der Waals surface area contributed by atoms with Crippen molar-refractivity contribution in [1.29, 1.82) is 0 Å². The van der Waals surface area contributed by atoms with Gasteiger partial charge in [0.15, 0.2) is 11.4 Å². The van der Waals surface area contributed by atoms with Gasteiger partial charge in [0.2, 0.25) is 11.8 Å². The maximum atomic E-state index is 12.8. The average molecular weight is 688 g/mol. The molecule has 3 aromatic rings. The number of anilines is 1. The molecular formula is C24H28BrCl4N5O3S. The van der Waals surface area contributed by atoms with Crippen molar-refractivity contribution in [2.75, 3.05) is 49.6 Å². The number of likely N-dealkylation sites (N-methyl/N-ethyl adjacent to an activating group) is 1. The van der Waals surface area contributed by atoms with Crippen LogP contribution in [0, 0.1) is 6.92 Å². The number of hydrogen-bond donors (Lipinski definition) is 1. The maximum Gasteiger partial charge on any atom is 0.246 e. The van der Waals surface area contributed by atoms with Crippen LogP contribution in [0.2, 0.25) is 10.0 Å². The molecule has 1 fully saturated rings. The minimum Gasteiger partial charge on any atom is -0.485 e. The number of halogens is 5. The lowest BCUT2D eigenvalue weighted by atomic mass is 10.2. The zero-order valence-corrected chi connectivity index (χ0v) is 26.3. The van der Waals surface area contributed by atoms with Crippen LogP contribution in [0.5, 0.6) is 5.75 Å². The van der Waals surface area contributed by atoms with Crippen molar-refractivity contribution in [3.63, 3.8) is 0 Å². The molecule has 0 aliphatic carbocycles. The van der Waals surface area contributed by atoms with Crippen LogP contribution in [0.3, 0.4) is 0 Å². The lowest BCUT2D eigenvalue weighted by Gasteiger charge is -2.25. The summed E-state index contributed by atoms with van der Waals surface area (Å²) in [5.41, 5.74) is 2.53. The maximum absolute atomic E-state index is 12.8. The number of nitrogens with zero attached hydrogens (tertiary/aromatic N) is 4. The van der Waals surface area contributed by atoms with Crippen LogP contribution in [-0.2, 0) is 16.2 Å².